The van der Waals surface area contributed by atoms with E-state index in [0.717, 1.165) is 16.8 Å². The average Bonchev–Trinajstić information content (AvgIpc) is 2.98. The fourth-order valence-electron chi connectivity index (χ4n) is 3.82. The van der Waals surface area contributed by atoms with E-state index in [0.29, 0.717) is 55.6 Å². The minimum absolute atomic E-state index is 0.285. The van der Waals surface area contributed by atoms with E-state index in [2.05, 4.69) is 30.8 Å². The van der Waals surface area contributed by atoms with E-state index in [1.165, 1.54) is 12.1 Å². The predicted octanol–water partition coefficient (Wildman–Crippen LogP) is 4.62. The van der Waals surface area contributed by atoms with Crippen molar-refractivity contribution < 1.29 is 18.6 Å². The van der Waals surface area contributed by atoms with Crippen LogP contribution in [0.25, 0.3) is 0 Å². The molecule has 5 rings (SSSR count). The van der Waals surface area contributed by atoms with Crippen molar-refractivity contribution >= 4 is 29.7 Å². The molecule has 11 heteroatoms. The Balaban J connectivity index is 1.28. The maximum atomic E-state index is 13.1. The van der Waals surface area contributed by atoms with Gasteiger partial charge >= 0.3 is 0 Å². The number of hydrazone groups is 1. The molecule has 0 saturated carbocycles. The Morgan fingerprint density at radius 3 is 2.49 bits per heavy atom. The third-order valence-electron chi connectivity index (χ3n) is 5.82. The second kappa shape index (κ2) is 12.7. The summed E-state index contributed by atoms with van der Waals surface area (Å²) < 4.78 is 29.9. The highest BCUT2D eigenvalue weighted by Gasteiger charge is 2.17. The van der Waals surface area contributed by atoms with Gasteiger partial charge in [-0.1, -0.05) is 30.3 Å². The van der Waals surface area contributed by atoms with Gasteiger partial charge in [0.15, 0.2) is 11.5 Å². The third kappa shape index (κ3) is 7.17. The number of hydrogen-bond donors (Lipinski definition) is 2. The van der Waals surface area contributed by atoms with E-state index in [1.807, 2.05) is 41.3 Å². The Morgan fingerprint density at radius 1 is 0.949 bits per heavy atom. The van der Waals surface area contributed by atoms with Gasteiger partial charge in [-0.25, -0.2) is 9.82 Å². The number of nitrogens with zero attached hydrogens (tertiary/aromatic N) is 5. The van der Waals surface area contributed by atoms with E-state index in [-0.39, 0.29) is 12.4 Å². The van der Waals surface area contributed by atoms with Crippen molar-refractivity contribution in [1.29, 1.82) is 0 Å². The molecule has 0 aliphatic carbocycles. The molecular weight excluding hydrogens is 501 g/mol. The standard InChI is InChI=1S/C28H28FN7O3/c1-37-25-17-21(9-12-24(25)39-19-20-7-10-22(29)11-8-20)18-30-35-27-32-26(31-23-5-3-2-4-6-23)33-28(34-27)36-13-15-38-16-14-36/h2-12,17-18H,13-16,19H2,1H3,(H2,31,32,33,34,35)/b30-18+. The molecule has 3 aromatic carbocycles. The Morgan fingerprint density at radius 2 is 1.72 bits per heavy atom. The Hall–Kier alpha value is -4.77. The number of ether oxygens (including phenoxy) is 3. The zero-order valence-corrected chi connectivity index (χ0v) is 21.4. The number of aromatic nitrogens is 3. The summed E-state index contributed by atoms with van der Waals surface area (Å²) in [5, 5.41) is 7.54. The molecule has 10 nitrogen and oxygen atoms in total. The molecule has 39 heavy (non-hydrogen) atoms. The topological polar surface area (TPSA) is 106 Å². The van der Waals surface area contributed by atoms with E-state index >= 15 is 0 Å². The summed E-state index contributed by atoms with van der Waals surface area (Å²) in [6, 6.07) is 21.3. The number of anilines is 4. The van der Waals surface area contributed by atoms with Crippen LogP contribution >= 0.6 is 0 Å². The number of halogens is 1. The van der Waals surface area contributed by atoms with Gasteiger partial charge in [0.2, 0.25) is 17.8 Å². The van der Waals surface area contributed by atoms with Gasteiger partial charge in [-0.15, -0.1) is 0 Å². The molecule has 1 aliphatic heterocycles. The minimum atomic E-state index is -0.285. The monoisotopic (exact) mass is 529 g/mol. The van der Waals surface area contributed by atoms with Crippen LogP contribution in [0.2, 0.25) is 0 Å². The lowest BCUT2D eigenvalue weighted by Crippen LogP contribution is -2.37. The summed E-state index contributed by atoms with van der Waals surface area (Å²) in [6.45, 7) is 2.88. The van der Waals surface area contributed by atoms with E-state index in [9.17, 15) is 4.39 Å². The highest BCUT2D eigenvalue weighted by atomic mass is 19.1. The first-order valence-corrected chi connectivity index (χ1v) is 12.4. The van der Waals surface area contributed by atoms with Crippen molar-refractivity contribution in [3.8, 4) is 11.5 Å². The molecule has 1 aromatic heterocycles. The molecule has 2 heterocycles. The quantitative estimate of drug-likeness (QED) is 0.225. The lowest BCUT2D eigenvalue weighted by atomic mass is 10.2. The van der Waals surface area contributed by atoms with Crippen LogP contribution in [-0.2, 0) is 11.3 Å². The first-order chi connectivity index (χ1) is 19.2. The van der Waals surface area contributed by atoms with E-state index < -0.39 is 0 Å². The molecule has 2 N–H and O–H groups in total. The molecule has 1 fully saturated rings. The maximum absolute atomic E-state index is 13.1. The van der Waals surface area contributed by atoms with Crippen LogP contribution in [0, 0.1) is 5.82 Å². The SMILES string of the molecule is COc1cc(/C=N/Nc2nc(Nc3ccccc3)nc(N3CCOCC3)n2)ccc1OCc1ccc(F)cc1. The molecule has 1 aliphatic rings. The van der Waals surface area contributed by atoms with Crippen molar-refractivity contribution in [2.45, 2.75) is 6.61 Å². The number of hydrogen-bond acceptors (Lipinski definition) is 10. The molecule has 0 unspecified atom stereocenters. The normalized spacial score (nSPS) is 13.3. The van der Waals surface area contributed by atoms with Crippen molar-refractivity contribution in [2.24, 2.45) is 5.10 Å². The van der Waals surface area contributed by atoms with Crippen LogP contribution in [0.15, 0.2) is 77.9 Å². The zero-order valence-electron chi connectivity index (χ0n) is 21.4. The maximum Gasteiger partial charge on any atom is 0.250 e. The number of nitrogens with one attached hydrogen (secondary N) is 2. The average molecular weight is 530 g/mol. The van der Waals surface area contributed by atoms with Crippen LogP contribution in [0.5, 0.6) is 11.5 Å². The third-order valence-corrected chi connectivity index (χ3v) is 5.82. The molecule has 0 spiro atoms. The first kappa shape index (κ1) is 25.9. The summed E-state index contributed by atoms with van der Waals surface area (Å²) in [4.78, 5) is 15.7. The van der Waals surface area contributed by atoms with Gasteiger partial charge in [-0.05, 0) is 53.6 Å². The summed E-state index contributed by atoms with van der Waals surface area (Å²) in [6.07, 6.45) is 1.63. The molecule has 0 radical (unpaired) electrons. The molecule has 0 bridgehead atoms. The van der Waals surface area contributed by atoms with Gasteiger partial charge in [0.25, 0.3) is 0 Å². The number of benzene rings is 3. The number of morpholine rings is 1. The zero-order chi connectivity index (χ0) is 26.9. The van der Waals surface area contributed by atoms with Gasteiger partial charge < -0.3 is 24.4 Å². The highest BCUT2D eigenvalue weighted by molar-refractivity contribution is 5.81. The van der Waals surface area contributed by atoms with E-state index in [4.69, 9.17) is 14.2 Å². The lowest BCUT2D eigenvalue weighted by Gasteiger charge is -2.27. The number of rotatable bonds is 10. The molecule has 1 saturated heterocycles. The highest BCUT2D eigenvalue weighted by Crippen LogP contribution is 2.28. The Bertz CT molecular complexity index is 1400. The van der Waals surface area contributed by atoms with Crippen LogP contribution in [0.4, 0.5) is 27.9 Å². The molecule has 4 aromatic rings. The smallest absolute Gasteiger partial charge is 0.250 e. The second-order valence-corrected chi connectivity index (χ2v) is 8.57. The summed E-state index contributed by atoms with van der Waals surface area (Å²) in [5.41, 5.74) is 5.40. The predicted molar refractivity (Wildman–Crippen MR) is 148 cm³/mol. The molecule has 0 atom stereocenters. The van der Waals surface area contributed by atoms with Crippen LogP contribution < -0.4 is 25.1 Å². The summed E-state index contributed by atoms with van der Waals surface area (Å²) in [5.74, 6) is 2.06. The van der Waals surface area contributed by atoms with Crippen molar-refractivity contribution in [1.82, 2.24) is 15.0 Å². The number of para-hydroxylation sites is 1. The van der Waals surface area contributed by atoms with Gasteiger partial charge in [0.1, 0.15) is 12.4 Å². The van der Waals surface area contributed by atoms with Crippen molar-refractivity contribution in [2.75, 3.05) is 49.1 Å². The van der Waals surface area contributed by atoms with Gasteiger partial charge in [-0.3, -0.25) is 0 Å². The van der Waals surface area contributed by atoms with Gasteiger partial charge in [0.05, 0.1) is 26.5 Å². The minimum Gasteiger partial charge on any atom is -0.493 e. The fourth-order valence-corrected chi connectivity index (χ4v) is 3.82. The molecule has 0 amide bonds. The van der Waals surface area contributed by atoms with Crippen molar-refractivity contribution in [3.05, 3.63) is 89.7 Å². The number of methoxy groups -OCH3 is 1. The van der Waals surface area contributed by atoms with Crippen molar-refractivity contribution in [3.63, 3.8) is 0 Å². The fraction of sp³-hybridized carbons (Fsp3) is 0.214. The molecule has 200 valence electrons. The van der Waals surface area contributed by atoms with E-state index in [1.54, 1.807) is 37.6 Å². The van der Waals surface area contributed by atoms with Crippen LogP contribution in [0.1, 0.15) is 11.1 Å². The Kier molecular flexibility index (Phi) is 8.39. The lowest BCUT2D eigenvalue weighted by molar-refractivity contribution is 0.122. The second-order valence-electron chi connectivity index (χ2n) is 8.57. The Labute approximate surface area is 225 Å². The summed E-state index contributed by atoms with van der Waals surface area (Å²) in [7, 11) is 1.57. The van der Waals surface area contributed by atoms with Gasteiger partial charge in [-0.2, -0.15) is 20.1 Å². The summed E-state index contributed by atoms with van der Waals surface area (Å²) >= 11 is 0. The van der Waals surface area contributed by atoms with Crippen LogP contribution in [0.3, 0.4) is 0 Å². The largest absolute Gasteiger partial charge is 0.493 e. The molecular formula is C28H28FN7O3. The first-order valence-electron chi connectivity index (χ1n) is 12.4. The van der Waals surface area contributed by atoms with Crippen LogP contribution in [-0.4, -0.2) is 54.6 Å². The van der Waals surface area contributed by atoms with Gasteiger partial charge in [0, 0.05) is 18.8 Å².